The van der Waals surface area contributed by atoms with E-state index in [4.69, 9.17) is 20.1 Å². The summed E-state index contributed by atoms with van der Waals surface area (Å²) in [5.41, 5.74) is 0.570. The van der Waals surface area contributed by atoms with Gasteiger partial charge in [-0.2, -0.15) is 0 Å². The summed E-state index contributed by atoms with van der Waals surface area (Å²) < 4.78 is 0. The Kier molecular flexibility index (Phi) is 18.3. The predicted molar refractivity (Wildman–Crippen MR) is 142 cm³/mol. The Morgan fingerprint density at radius 1 is 0.865 bits per heavy atom. The van der Waals surface area contributed by atoms with Crippen LogP contribution in [0.4, 0.5) is 0 Å². The van der Waals surface area contributed by atoms with Gasteiger partial charge < -0.3 is 10.2 Å². The molecule has 0 spiro atoms. The fraction of sp³-hybridized carbons (Fsp3) is 0.679. The van der Waals surface area contributed by atoms with E-state index in [-0.39, 0.29) is 30.4 Å². The van der Waals surface area contributed by atoms with Crippen LogP contribution in [0.2, 0.25) is 0 Å². The van der Waals surface area contributed by atoms with Gasteiger partial charge in [0.15, 0.2) is 0 Å². The molecule has 1 aliphatic rings. The predicted octanol–water partition coefficient (Wildman–Crippen LogP) is 5.63. The van der Waals surface area contributed by atoms with Gasteiger partial charge in [0.05, 0.1) is 17.7 Å². The molecule has 210 valence electrons. The zero-order chi connectivity index (χ0) is 27.3. The Morgan fingerprint density at radius 2 is 1.38 bits per heavy atom. The second-order valence-electron chi connectivity index (χ2n) is 9.36. The third-order valence-electron chi connectivity index (χ3n) is 5.97. The zero-order valence-electron chi connectivity index (χ0n) is 22.6. The quantitative estimate of drug-likeness (QED) is 0.0662. The molecular formula is C28H46N2O7. The summed E-state index contributed by atoms with van der Waals surface area (Å²) in [4.78, 5) is 43.7. The first-order valence-electron chi connectivity index (χ1n) is 13.8. The minimum Gasteiger partial charge on any atom is -0.481 e. The fourth-order valence-electron chi connectivity index (χ4n) is 3.86. The molecule has 1 aromatic rings. The SMILES string of the molecule is CCCCCCCCCCCCNC(C)O.O=C(O)CCCCCOON1C(=O)c2ccccc2C1=O. The Morgan fingerprint density at radius 3 is 1.89 bits per heavy atom. The number of carbonyl (C=O) groups is 3. The van der Waals surface area contributed by atoms with E-state index in [2.05, 4.69) is 12.2 Å². The molecule has 1 unspecified atom stereocenters. The molecule has 0 aliphatic carbocycles. The number of aliphatic hydroxyl groups is 1. The van der Waals surface area contributed by atoms with Crippen LogP contribution in [0.3, 0.4) is 0 Å². The van der Waals surface area contributed by atoms with E-state index in [1.54, 1.807) is 31.2 Å². The number of carboxylic acids is 1. The largest absolute Gasteiger partial charge is 0.481 e. The van der Waals surface area contributed by atoms with Crippen molar-refractivity contribution in [3.05, 3.63) is 35.4 Å². The topological polar surface area (TPSA) is 125 Å². The summed E-state index contributed by atoms with van der Waals surface area (Å²) in [6, 6.07) is 6.42. The highest BCUT2D eigenvalue weighted by molar-refractivity contribution is 6.20. The Balaban J connectivity index is 0.000000387. The van der Waals surface area contributed by atoms with Gasteiger partial charge in [-0.25, -0.2) is 4.89 Å². The van der Waals surface area contributed by atoms with Crippen LogP contribution in [0, 0.1) is 0 Å². The van der Waals surface area contributed by atoms with E-state index in [0.717, 1.165) is 6.54 Å². The molecule has 1 aromatic carbocycles. The van der Waals surface area contributed by atoms with E-state index in [0.29, 0.717) is 24.3 Å². The Hall–Kier alpha value is -2.33. The summed E-state index contributed by atoms with van der Waals surface area (Å²) in [7, 11) is 0. The van der Waals surface area contributed by atoms with Crippen molar-refractivity contribution in [3.63, 3.8) is 0 Å². The highest BCUT2D eigenvalue weighted by Gasteiger charge is 2.37. The van der Waals surface area contributed by atoms with Crippen LogP contribution in [-0.2, 0) is 14.7 Å². The molecule has 3 N–H and O–H groups in total. The van der Waals surface area contributed by atoms with Gasteiger partial charge in [-0.05, 0) is 44.9 Å². The van der Waals surface area contributed by atoms with Crippen LogP contribution in [0.1, 0.15) is 124 Å². The average molecular weight is 523 g/mol. The van der Waals surface area contributed by atoms with Gasteiger partial charge in [-0.1, -0.05) is 83.3 Å². The Labute approximate surface area is 221 Å². The van der Waals surface area contributed by atoms with E-state index < -0.39 is 17.8 Å². The number of benzene rings is 1. The summed E-state index contributed by atoms with van der Waals surface area (Å²) in [6.07, 6.45) is 15.2. The van der Waals surface area contributed by atoms with Crippen molar-refractivity contribution in [2.24, 2.45) is 0 Å². The number of rotatable bonds is 20. The number of unbranched alkanes of at least 4 members (excludes halogenated alkanes) is 11. The Bertz CT molecular complexity index is 751. The lowest BCUT2D eigenvalue weighted by Gasteiger charge is -2.11. The maximum Gasteiger partial charge on any atom is 0.303 e. The molecule has 0 saturated carbocycles. The van der Waals surface area contributed by atoms with Gasteiger partial charge in [0, 0.05) is 6.42 Å². The number of carboxylic acid groups (broad SMARTS) is 1. The highest BCUT2D eigenvalue weighted by Crippen LogP contribution is 2.22. The fourth-order valence-corrected chi connectivity index (χ4v) is 3.86. The molecule has 2 rings (SSSR count). The second kappa shape index (κ2) is 20.7. The number of hydrogen-bond acceptors (Lipinski definition) is 7. The van der Waals surface area contributed by atoms with Crippen molar-refractivity contribution in [1.82, 2.24) is 10.4 Å². The van der Waals surface area contributed by atoms with Crippen molar-refractivity contribution >= 4 is 17.8 Å². The highest BCUT2D eigenvalue weighted by atomic mass is 17.3. The maximum absolute atomic E-state index is 11.9. The molecular weight excluding hydrogens is 476 g/mol. The number of nitrogens with zero attached hydrogens (tertiary/aromatic N) is 1. The molecule has 37 heavy (non-hydrogen) atoms. The first kappa shape index (κ1) is 32.7. The molecule has 1 heterocycles. The molecule has 9 heteroatoms. The van der Waals surface area contributed by atoms with Crippen molar-refractivity contribution in [2.75, 3.05) is 13.2 Å². The van der Waals surface area contributed by atoms with Gasteiger partial charge in [-0.15, -0.1) is 10.1 Å². The summed E-state index contributed by atoms with van der Waals surface area (Å²) in [6.45, 7) is 5.17. The lowest BCUT2D eigenvalue weighted by molar-refractivity contribution is -0.385. The van der Waals surface area contributed by atoms with Crippen LogP contribution >= 0.6 is 0 Å². The number of carbonyl (C=O) groups excluding carboxylic acids is 2. The number of aliphatic hydroxyl groups excluding tert-OH is 1. The van der Waals surface area contributed by atoms with Crippen LogP contribution in [-0.4, -0.2) is 52.4 Å². The van der Waals surface area contributed by atoms with Gasteiger partial charge in [0.1, 0.15) is 6.23 Å². The van der Waals surface area contributed by atoms with Crippen molar-refractivity contribution in [3.8, 4) is 0 Å². The molecule has 0 aromatic heterocycles. The van der Waals surface area contributed by atoms with E-state index in [1.165, 1.54) is 64.2 Å². The molecule has 0 bridgehead atoms. The standard InChI is InChI=1S/C14H15NO6.C14H31NO/c16-12(17)8-2-1-5-9-20-21-15-13(18)10-6-3-4-7-11(10)14(15)19;1-3-4-5-6-7-8-9-10-11-12-13-15-14(2)16/h3-4,6-7H,1-2,5,8-9H2,(H,16,17);14-16H,3-13H2,1-2H3. The van der Waals surface area contributed by atoms with Crippen LogP contribution in [0.5, 0.6) is 0 Å². The van der Waals surface area contributed by atoms with E-state index >= 15 is 0 Å². The second-order valence-corrected chi connectivity index (χ2v) is 9.36. The zero-order valence-corrected chi connectivity index (χ0v) is 22.6. The third-order valence-corrected chi connectivity index (χ3v) is 5.97. The minimum absolute atomic E-state index is 0.110. The number of hydrogen-bond donors (Lipinski definition) is 3. The molecule has 9 nitrogen and oxygen atoms in total. The normalized spacial score (nSPS) is 13.3. The first-order valence-corrected chi connectivity index (χ1v) is 13.8. The number of aliphatic carboxylic acids is 1. The van der Waals surface area contributed by atoms with Crippen molar-refractivity contribution in [2.45, 2.75) is 110 Å². The molecule has 0 radical (unpaired) electrons. The number of imide groups is 1. The molecule has 0 saturated heterocycles. The average Bonchev–Trinajstić information content (AvgIpc) is 3.11. The third kappa shape index (κ3) is 14.9. The number of fused-ring (bicyclic) bond motifs is 1. The smallest absolute Gasteiger partial charge is 0.303 e. The van der Waals surface area contributed by atoms with Crippen molar-refractivity contribution in [1.29, 1.82) is 0 Å². The lowest BCUT2D eigenvalue weighted by Crippen LogP contribution is -2.30. The van der Waals surface area contributed by atoms with Crippen LogP contribution in [0.25, 0.3) is 0 Å². The molecule has 1 aliphatic heterocycles. The van der Waals surface area contributed by atoms with Gasteiger partial charge in [-0.3, -0.25) is 19.7 Å². The molecule has 1 atom stereocenters. The summed E-state index contributed by atoms with van der Waals surface area (Å²) >= 11 is 0. The van der Waals surface area contributed by atoms with Gasteiger partial charge in [0.2, 0.25) is 0 Å². The van der Waals surface area contributed by atoms with Crippen LogP contribution in [0.15, 0.2) is 24.3 Å². The number of hydroxylamine groups is 2. The van der Waals surface area contributed by atoms with E-state index in [1.807, 2.05) is 0 Å². The molecule has 0 fully saturated rings. The molecule has 2 amide bonds. The van der Waals surface area contributed by atoms with E-state index in [9.17, 15) is 14.4 Å². The monoisotopic (exact) mass is 522 g/mol. The van der Waals surface area contributed by atoms with Crippen molar-refractivity contribution < 1.29 is 34.5 Å². The van der Waals surface area contributed by atoms with Gasteiger partial charge in [0.25, 0.3) is 11.8 Å². The lowest BCUT2D eigenvalue weighted by atomic mass is 10.1. The van der Waals surface area contributed by atoms with Gasteiger partial charge >= 0.3 is 5.97 Å². The first-order chi connectivity index (χ1) is 17.9. The number of nitrogens with one attached hydrogen (secondary N) is 1. The summed E-state index contributed by atoms with van der Waals surface area (Å²) in [5, 5.41) is 21.1. The number of amides is 2. The van der Waals surface area contributed by atoms with Crippen LogP contribution < -0.4 is 5.32 Å². The minimum atomic E-state index is -0.835. The summed E-state index contributed by atoms with van der Waals surface area (Å²) in [5.74, 6) is -1.94. The maximum atomic E-state index is 11.9.